The third kappa shape index (κ3) is 69.7. The van der Waals surface area contributed by atoms with E-state index in [0.29, 0.717) is 35.5 Å². The summed E-state index contributed by atoms with van der Waals surface area (Å²) >= 11 is 0. The highest BCUT2D eigenvalue weighted by Gasteiger charge is 2.17. The molecule has 138 heavy (non-hydrogen) atoms. The predicted octanol–water partition coefficient (Wildman–Crippen LogP) is 37.4. The molecular weight excluding hydrogens is 1710 g/mol. The van der Waals surface area contributed by atoms with Gasteiger partial charge < -0.3 is 56.8 Å². The molecule has 0 radical (unpaired) electrons. The Bertz CT molecular complexity index is 3460. The van der Waals surface area contributed by atoms with Crippen LogP contribution < -0.4 is 28.4 Å². The standard InChI is InChI=1S/C44H74O4.C42H70O4.C40H66O4/c1-6-8-10-12-14-16-18-20-33-45-35-30-38(3)31-37-47-43-26-22-41(23-27-43)42-24-28-44(29-25-42)48-40(5)39(4)32-36-46-34-21-19-17-15-13-11-9-7-2;1-5-7-9-11-13-14-16-18-32-44-34-28-38(4)30-36-46-42-25-21-40(22-26-42)39-19-23-41(24-20-39)45-35-29-37(3)27-33-43-31-17-15-12-10-8-6-2;1-5-7-9-11-13-15-29-41-31-25-35(3)27-33-43-39-21-17-37(18-22-39)38-19-23-40(24-20-38)44-34-28-36(4)26-32-42-30-16-14-12-10-8-6-2/h22-29,38-40H,6-21,30-37H2,1-5H3;19-26,37-38H,5-18,27-36H2,1-4H3;17-24,35-36H,5-16,25-34H2,1-4H3. The van der Waals surface area contributed by atoms with Crippen molar-refractivity contribution in [3.8, 4) is 67.9 Å². The van der Waals surface area contributed by atoms with Crippen LogP contribution in [0.5, 0.6) is 34.5 Å². The fourth-order valence-corrected chi connectivity index (χ4v) is 16.9. The largest absolute Gasteiger partial charge is 0.494 e. The van der Waals surface area contributed by atoms with Crippen LogP contribution in [-0.4, -0.2) is 118 Å². The second kappa shape index (κ2) is 89.7. The first-order valence-electron chi connectivity index (χ1n) is 57.7. The predicted molar refractivity (Wildman–Crippen MR) is 592 cm³/mol. The van der Waals surface area contributed by atoms with E-state index >= 15 is 0 Å². The van der Waals surface area contributed by atoms with Gasteiger partial charge >= 0.3 is 0 Å². The molecule has 0 heterocycles. The number of benzene rings is 6. The summed E-state index contributed by atoms with van der Waals surface area (Å²) in [6.07, 6.45) is 67.9. The normalized spacial score (nSPS) is 12.9. The summed E-state index contributed by atoms with van der Waals surface area (Å²) in [4.78, 5) is 0. The summed E-state index contributed by atoms with van der Waals surface area (Å²) in [6, 6.07) is 50.7. The third-order valence-electron chi connectivity index (χ3n) is 27.5. The van der Waals surface area contributed by atoms with Gasteiger partial charge in [0, 0.05) is 79.3 Å². The van der Waals surface area contributed by atoms with Gasteiger partial charge in [-0.3, -0.25) is 0 Å². The Morgan fingerprint density at radius 1 is 0.152 bits per heavy atom. The van der Waals surface area contributed by atoms with E-state index in [0.717, 1.165) is 217 Å². The zero-order valence-corrected chi connectivity index (χ0v) is 91.3. The van der Waals surface area contributed by atoms with Gasteiger partial charge in [-0.2, -0.15) is 0 Å². The SMILES string of the molecule is CCCCCCCCCCOCCC(C)CCOc1ccc(-c2ccc(OC(C)C(C)CCOCCCCCCCCCC)cc2)cc1.CCCCCCCCCCOCCC(C)CCOc1ccc(-c2ccc(OCCC(C)CCOCCCCCCCC)cc2)cc1.CCCCCCCCOCCC(C)CCOc1ccc(-c2ccc(OCCC(C)CCOCCCCCCCC)cc2)cc1. The van der Waals surface area contributed by atoms with Gasteiger partial charge in [-0.1, -0.05) is 387 Å². The van der Waals surface area contributed by atoms with Crippen LogP contribution in [0.2, 0.25) is 0 Å². The Morgan fingerprint density at radius 3 is 0.471 bits per heavy atom. The van der Waals surface area contributed by atoms with Crippen molar-refractivity contribution in [2.24, 2.45) is 35.5 Å². The molecule has 0 aliphatic heterocycles. The van der Waals surface area contributed by atoms with Crippen LogP contribution in [0.1, 0.15) is 430 Å². The molecule has 0 saturated heterocycles. The van der Waals surface area contributed by atoms with Crippen LogP contribution in [0.25, 0.3) is 33.4 Å². The maximum Gasteiger partial charge on any atom is 0.119 e. The molecule has 6 aromatic rings. The molecule has 12 nitrogen and oxygen atoms in total. The van der Waals surface area contributed by atoms with E-state index in [1.165, 1.54) is 303 Å². The minimum absolute atomic E-state index is 0.147. The highest BCUT2D eigenvalue weighted by molar-refractivity contribution is 5.67. The van der Waals surface area contributed by atoms with Gasteiger partial charge in [0.1, 0.15) is 34.5 Å². The lowest BCUT2D eigenvalue weighted by Crippen LogP contribution is -2.22. The number of rotatable bonds is 92. The van der Waals surface area contributed by atoms with Crippen LogP contribution in [0.4, 0.5) is 0 Å². The lowest BCUT2D eigenvalue weighted by molar-refractivity contribution is 0.0893. The van der Waals surface area contributed by atoms with Crippen LogP contribution in [0.3, 0.4) is 0 Å². The molecule has 0 N–H and O–H groups in total. The van der Waals surface area contributed by atoms with Crippen molar-refractivity contribution >= 4 is 0 Å². The van der Waals surface area contributed by atoms with Gasteiger partial charge in [0.15, 0.2) is 0 Å². The fourth-order valence-electron chi connectivity index (χ4n) is 16.9. The number of unbranched alkanes of at least 4 members (excludes halogenated alkanes) is 36. The van der Waals surface area contributed by atoms with Crippen molar-refractivity contribution in [1.82, 2.24) is 0 Å². The highest BCUT2D eigenvalue weighted by Crippen LogP contribution is 2.31. The van der Waals surface area contributed by atoms with E-state index in [1.54, 1.807) is 0 Å². The molecule has 0 aromatic heterocycles. The minimum atomic E-state index is 0.147. The Labute approximate surface area is 849 Å². The molecule has 6 rings (SSSR count). The van der Waals surface area contributed by atoms with Crippen molar-refractivity contribution in [1.29, 1.82) is 0 Å². The monoisotopic (exact) mass is 1920 g/mol. The summed E-state index contributed by atoms with van der Waals surface area (Å²) in [6.45, 7) is 43.8. The maximum absolute atomic E-state index is 6.28. The van der Waals surface area contributed by atoms with E-state index in [4.69, 9.17) is 56.8 Å². The Balaban J connectivity index is 0.000000433. The smallest absolute Gasteiger partial charge is 0.119 e. The molecule has 7 atom stereocenters. The van der Waals surface area contributed by atoms with Crippen molar-refractivity contribution < 1.29 is 56.8 Å². The van der Waals surface area contributed by atoms with E-state index in [2.05, 4.69) is 236 Å². The van der Waals surface area contributed by atoms with E-state index in [1.807, 2.05) is 0 Å². The summed E-state index contributed by atoms with van der Waals surface area (Å²) in [5.74, 6) is 9.06. The first kappa shape index (κ1) is 124. The lowest BCUT2D eigenvalue weighted by atomic mass is 10.0. The molecule has 0 aliphatic rings. The number of hydrogen-bond donors (Lipinski definition) is 0. The number of ether oxygens (including phenoxy) is 12. The summed E-state index contributed by atoms with van der Waals surface area (Å²) < 4.78 is 71.7. The van der Waals surface area contributed by atoms with Crippen molar-refractivity contribution in [3.05, 3.63) is 146 Å². The Kier molecular flexibility index (Phi) is 80.7. The molecule has 12 heteroatoms. The third-order valence-corrected chi connectivity index (χ3v) is 27.5. The highest BCUT2D eigenvalue weighted by atomic mass is 16.5. The molecule has 7 unspecified atom stereocenters. The van der Waals surface area contributed by atoms with Crippen molar-refractivity contribution in [2.45, 2.75) is 436 Å². The fraction of sp³-hybridized carbons (Fsp3) is 0.714. The summed E-state index contributed by atoms with van der Waals surface area (Å²) in [7, 11) is 0. The molecule has 6 aromatic carbocycles. The Morgan fingerprint density at radius 2 is 0.297 bits per heavy atom. The van der Waals surface area contributed by atoms with Crippen LogP contribution in [0, 0.1) is 35.5 Å². The Hall–Kier alpha value is -6.12. The quantitative estimate of drug-likeness (QED) is 0.0339. The van der Waals surface area contributed by atoms with Gasteiger partial charge in [0.05, 0.1) is 39.1 Å². The van der Waals surface area contributed by atoms with Crippen LogP contribution in [-0.2, 0) is 28.4 Å². The zero-order valence-electron chi connectivity index (χ0n) is 91.3. The van der Waals surface area contributed by atoms with Crippen molar-refractivity contribution in [3.63, 3.8) is 0 Å². The molecule has 0 saturated carbocycles. The number of hydrogen-bond acceptors (Lipinski definition) is 12. The maximum atomic E-state index is 6.28. The summed E-state index contributed by atoms with van der Waals surface area (Å²) in [5.41, 5.74) is 7.13. The molecule has 0 bridgehead atoms. The second-order valence-corrected chi connectivity index (χ2v) is 40.8. The molecule has 0 spiro atoms. The molecule has 0 amide bonds. The van der Waals surface area contributed by atoms with Crippen molar-refractivity contribution in [2.75, 3.05) is 112 Å². The van der Waals surface area contributed by atoms with E-state index in [-0.39, 0.29) is 6.10 Å². The average molecular weight is 1920 g/mol. The van der Waals surface area contributed by atoms with Crippen LogP contribution in [0.15, 0.2) is 146 Å². The topological polar surface area (TPSA) is 111 Å². The minimum Gasteiger partial charge on any atom is -0.494 e. The molecule has 0 fully saturated rings. The van der Waals surface area contributed by atoms with Gasteiger partial charge in [-0.25, -0.2) is 0 Å². The first-order valence-corrected chi connectivity index (χ1v) is 57.7. The van der Waals surface area contributed by atoms with E-state index < -0.39 is 0 Å². The summed E-state index contributed by atoms with van der Waals surface area (Å²) in [5, 5.41) is 0. The second-order valence-electron chi connectivity index (χ2n) is 40.8. The molecular formula is C126H210O12. The first-order chi connectivity index (χ1) is 67.8. The van der Waals surface area contributed by atoms with Gasteiger partial charge in [-0.15, -0.1) is 0 Å². The van der Waals surface area contributed by atoms with Gasteiger partial charge in [0.2, 0.25) is 0 Å². The lowest BCUT2D eigenvalue weighted by Gasteiger charge is -2.21. The zero-order chi connectivity index (χ0) is 98.9. The van der Waals surface area contributed by atoms with E-state index in [9.17, 15) is 0 Å². The molecule has 0 aliphatic carbocycles. The molecule has 786 valence electrons. The van der Waals surface area contributed by atoms with Gasteiger partial charge in [-0.05, 0) is 258 Å². The van der Waals surface area contributed by atoms with Gasteiger partial charge in [0.25, 0.3) is 0 Å². The van der Waals surface area contributed by atoms with Crippen LogP contribution >= 0.6 is 0 Å². The average Bonchev–Trinajstić information content (AvgIpc) is 0.868.